The second-order valence-electron chi connectivity index (χ2n) is 4.78. The quantitative estimate of drug-likeness (QED) is 0.567. The molecule has 2 aromatic carbocycles. The molecule has 2 aromatic rings. The van der Waals surface area contributed by atoms with E-state index in [-0.39, 0.29) is 10.6 Å². The summed E-state index contributed by atoms with van der Waals surface area (Å²) in [5.74, 6) is -1.98. The summed E-state index contributed by atoms with van der Waals surface area (Å²) in [7, 11) is 0. The molecule has 130 valence electrons. The van der Waals surface area contributed by atoms with Crippen molar-refractivity contribution < 1.29 is 18.7 Å². The van der Waals surface area contributed by atoms with E-state index in [0.29, 0.717) is 15.7 Å². The first-order valence-electron chi connectivity index (χ1n) is 6.90. The van der Waals surface area contributed by atoms with Crippen LogP contribution in [0.25, 0.3) is 6.08 Å². The molecule has 0 spiro atoms. The highest BCUT2D eigenvalue weighted by Gasteiger charge is 2.08. The van der Waals surface area contributed by atoms with Crippen LogP contribution in [-0.4, -0.2) is 18.5 Å². The SMILES string of the molecule is O=C(COC(=O)/C=C/c1c(F)cccc1Cl)Nc1cc(Cl)cc(Cl)c1. The minimum Gasteiger partial charge on any atom is -0.452 e. The van der Waals surface area contributed by atoms with Gasteiger partial charge in [0.25, 0.3) is 5.91 Å². The topological polar surface area (TPSA) is 55.4 Å². The lowest BCUT2D eigenvalue weighted by molar-refractivity contribution is -0.142. The predicted octanol–water partition coefficient (Wildman–Crippen LogP) is 4.98. The maximum atomic E-state index is 13.5. The van der Waals surface area contributed by atoms with Crippen molar-refractivity contribution in [3.05, 3.63) is 68.9 Å². The van der Waals surface area contributed by atoms with Gasteiger partial charge in [0, 0.05) is 27.4 Å². The molecule has 1 N–H and O–H groups in total. The van der Waals surface area contributed by atoms with Gasteiger partial charge in [-0.25, -0.2) is 9.18 Å². The molecular formula is C17H11Cl3FNO3. The Labute approximate surface area is 158 Å². The third-order valence-electron chi connectivity index (χ3n) is 2.88. The van der Waals surface area contributed by atoms with E-state index in [1.165, 1.54) is 42.5 Å². The number of nitrogens with one attached hydrogen (secondary N) is 1. The molecule has 0 saturated carbocycles. The van der Waals surface area contributed by atoms with Crippen LogP contribution in [0.5, 0.6) is 0 Å². The molecule has 4 nitrogen and oxygen atoms in total. The summed E-state index contributed by atoms with van der Waals surface area (Å²) >= 11 is 17.5. The van der Waals surface area contributed by atoms with Crippen molar-refractivity contribution in [3.63, 3.8) is 0 Å². The summed E-state index contributed by atoms with van der Waals surface area (Å²) in [6.45, 7) is -0.529. The van der Waals surface area contributed by atoms with Crippen molar-refractivity contribution in [1.82, 2.24) is 0 Å². The number of carbonyl (C=O) groups excluding carboxylic acids is 2. The highest BCUT2D eigenvalue weighted by atomic mass is 35.5. The largest absolute Gasteiger partial charge is 0.452 e. The third-order valence-corrected chi connectivity index (χ3v) is 3.64. The highest BCUT2D eigenvalue weighted by molar-refractivity contribution is 6.35. The number of benzene rings is 2. The van der Waals surface area contributed by atoms with Gasteiger partial charge < -0.3 is 10.1 Å². The van der Waals surface area contributed by atoms with Gasteiger partial charge in [0.15, 0.2) is 6.61 Å². The van der Waals surface area contributed by atoms with Crippen molar-refractivity contribution in [2.75, 3.05) is 11.9 Å². The number of rotatable bonds is 5. The molecule has 0 atom stereocenters. The molecule has 0 aliphatic carbocycles. The molecule has 0 unspecified atom stereocenters. The summed E-state index contributed by atoms with van der Waals surface area (Å²) in [6, 6.07) is 8.64. The van der Waals surface area contributed by atoms with E-state index in [2.05, 4.69) is 5.32 Å². The van der Waals surface area contributed by atoms with Crippen molar-refractivity contribution in [2.24, 2.45) is 0 Å². The maximum Gasteiger partial charge on any atom is 0.331 e. The number of hydrogen-bond donors (Lipinski definition) is 1. The molecular weight excluding hydrogens is 392 g/mol. The number of anilines is 1. The Morgan fingerprint density at radius 3 is 2.44 bits per heavy atom. The number of esters is 1. The summed E-state index contributed by atoms with van der Waals surface area (Å²) < 4.78 is 18.3. The number of ether oxygens (including phenoxy) is 1. The van der Waals surface area contributed by atoms with Crippen LogP contribution in [0.4, 0.5) is 10.1 Å². The van der Waals surface area contributed by atoms with Crippen LogP contribution >= 0.6 is 34.8 Å². The second kappa shape index (κ2) is 8.85. The zero-order valence-corrected chi connectivity index (χ0v) is 14.8. The van der Waals surface area contributed by atoms with Crippen LogP contribution in [0.3, 0.4) is 0 Å². The summed E-state index contributed by atoms with van der Waals surface area (Å²) in [5.41, 5.74) is 0.423. The number of amides is 1. The fourth-order valence-corrected chi connectivity index (χ4v) is 2.58. The summed E-state index contributed by atoms with van der Waals surface area (Å²) in [5, 5.41) is 3.34. The first-order valence-corrected chi connectivity index (χ1v) is 8.03. The molecule has 0 aliphatic rings. The lowest BCUT2D eigenvalue weighted by Gasteiger charge is -2.06. The van der Waals surface area contributed by atoms with E-state index < -0.39 is 24.3 Å². The highest BCUT2D eigenvalue weighted by Crippen LogP contribution is 2.22. The summed E-state index contributed by atoms with van der Waals surface area (Å²) in [4.78, 5) is 23.3. The fraction of sp³-hybridized carbons (Fsp3) is 0.0588. The molecule has 0 bridgehead atoms. The Kier molecular flexibility index (Phi) is 6.82. The van der Waals surface area contributed by atoms with Crippen LogP contribution in [0.1, 0.15) is 5.56 Å². The monoisotopic (exact) mass is 401 g/mol. The predicted molar refractivity (Wildman–Crippen MR) is 96.5 cm³/mol. The lowest BCUT2D eigenvalue weighted by atomic mass is 10.2. The van der Waals surface area contributed by atoms with Crippen molar-refractivity contribution in [1.29, 1.82) is 0 Å². The number of hydrogen-bond acceptors (Lipinski definition) is 3. The zero-order chi connectivity index (χ0) is 18.4. The van der Waals surface area contributed by atoms with Crippen LogP contribution < -0.4 is 5.32 Å². The third kappa shape index (κ3) is 6.05. The molecule has 1 amide bonds. The standard InChI is InChI=1S/C17H11Cl3FNO3/c18-10-6-11(19)8-12(7-10)22-16(23)9-25-17(24)5-4-13-14(20)2-1-3-15(13)21/h1-8H,9H2,(H,22,23)/b5-4+. The van der Waals surface area contributed by atoms with Gasteiger partial charge in [0.1, 0.15) is 5.82 Å². The van der Waals surface area contributed by atoms with Crippen LogP contribution in [-0.2, 0) is 14.3 Å². The van der Waals surface area contributed by atoms with Crippen LogP contribution in [0.2, 0.25) is 15.1 Å². The maximum absolute atomic E-state index is 13.5. The van der Waals surface area contributed by atoms with Crippen molar-refractivity contribution in [2.45, 2.75) is 0 Å². The molecule has 0 saturated heterocycles. The van der Waals surface area contributed by atoms with Gasteiger partial charge in [-0.1, -0.05) is 40.9 Å². The van der Waals surface area contributed by atoms with Gasteiger partial charge in [-0.15, -0.1) is 0 Å². The minimum absolute atomic E-state index is 0.0548. The van der Waals surface area contributed by atoms with E-state index in [4.69, 9.17) is 39.5 Å². The number of carbonyl (C=O) groups is 2. The first-order chi connectivity index (χ1) is 11.8. The second-order valence-corrected chi connectivity index (χ2v) is 6.06. The smallest absolute Gasteiger partial charge is 0.331 e. The average molecular weight is 403 g/mol. The Morgan fingerprint density at radius 2 is 1.80 bits per heavy atom. The molecule has 0 heterocycles. The molecule has 0 radical (unpaired) electrons. The van der Waals surface area contributed by atoms with Crippen LogP contribution in [0.15, 0.2) is 42.5 Å². The summed E-state index contributed by atoms with van der Waals surface area (Å²) in [6.07, 6.45) is 2.16. The van der Waals surface area contributed by atoms with Gasteiger partial charge in [0.05, 0.1) is 5.02 Å². The Morgan fingerprint density at radius 1 is 1.12 bits per heavy atom. The van der Waals surface area contributed by atoms with E-state index in [9.17, 15) is 14.0 Å². The van der Waals surface area contributed by atoms with E-state index >= 15 is 0 Å². The fourth-order valence-electron chi connectivity index (χ4n) is 1.83. The van der Waals surface area contributed by atoms with Gasteiger partial charge in [-0.2, -0.15) is 0 Å². The lowest BCUT2D eigenvalue weighted by Crippen LogP contribution is -2.20. The molecule has 0 fully saturated rings. The molecule has 8 heteroatoms. The molecule has 0 aliphatic heterocycles. The Balaban J connectivity index is 1.89. The van der Waals surface area contributed by atoms with E-state index in [0.717, 1.165) is 6.08 Å². The molecule has 0 aromatic heterocycles. The molecule has 25 heavy (non-hydrogen) atoms. The van der Waals surface area contributed by atoms with E-state index in [1.54, 1.807) is 0 Å². The normalized spacial score (nSPS) is 10.7. The van der Waals surface area contributed by atoms with E-state index in [1.807, 2.05) is 0 Å². The minimum atomic E-state index is -0.821. The van der Waals surface area contributed by atoms with Crippen molar-refractivity contribution in [3.8, 4) is 0 Å². The average Bonchev–Trinajstić information content (AvgIpc) is 2.51. The Hall–Kier alpha value is -2.08. The molecule has 2 rings (SSSR count). The van der Waals surface area contributed by atoms with Gasteiger partial charge in [-0.05, 0) is 36.4 Å². The number of halogens is 4. The van der Waals surface area contributed by atoms with Crippen LogP contribution in [0, 0.1) is 5.82 Å². The zero-order valence-electron chi connectivity index (χ0n) is 12.6. The van der Waals surface area contributed by atoms with Crippen molar-refractivity contribution >= 4 is 58.4 Å². The van der Waals surface area contributed by atoms with Gasteiger partial charge >= 0.3 is 5.97 Å². The van der Waals surface area contributed by atoms with Gasteiger partial charge in [0.2, 0.25) is 0 Å². The Bertz CT molecular complexity index is 799. The van der Waals surface area contributed by atoms with Gasteiger partial charge in [-0.3, -0.25) is 4.79 Å². The first kappa shape index (κ1) is 19.2.